The van der Waals surface area contributed by atoms with E-state index >= 15 is 0 Å². The van der Waals surface area contributed by atoms with Gasteiger partial charge in [-0.3, -0.25) is 0 Å². The topological polar surface area (TPSA) is 58.2 Å². The largest absolute Gasteiger partial charge is 1.00 e. The van der Waals surface area contributed by atoms with Gasteiger partial charge in [-0.1, -0.05) is 0 Å². The van der Waals surface area contributed by atoms with Crippen molar-refractivity contribution in [2.75, 3.05) is 6.54 Å². The minimum absolute atomic E-state index is 0. The molecular weight excluding hydrogens is 262 g/mol. The van der Waals surface area contributed by atoms with Gasteiger partial charge in [-0.2, -0.15) is 0 Å². The fourth-order valence-electron chi connectivity index (χ4n) is 0.489. The molecule has 2 N–H and O–H groups in total. The third-order valence-electron chi connectivity index (χ3n) is 0.917. The van der Waals surface area contributed by atoms with Crippen molar-refractivity contribution in [3.05, 3.63) is 0 Å². The average molecular weight is 270 g/mol. The molecule has 0 aliphatic rings. The molecule has 0 aliphatic heterocycles. The van der Waals surface area contributed by atoms with E-state index in [9.17, 15) is 9.59 Å². The van der Waals surface area contributed by atoms with Crippen LogP contribution in [0.3, 0.4) is 0 Å². The van der Waals surface area contributed by atoms with Crippen LogP contribution in [0.2, 0.25) is 0 Å². The SMILES string of the molecule is CC(CNC(=O)[S-])NC(=O)[S-].[K+].[K+]. The molecule has 0 rings (SSSR count). The Bertz CT molecular complexity index is 171. The molecule has 0 fully saturated rings. The van der Waals surface area contributed by atoms with Gasteiger partial charge in [0.25, 0.3) is 0 Å². The fraction of sp³-hybridized carbons (Fsp3) is 0.600. The summed E-state index contributed by atoms with van der Waals surface area (Å²) in [6.07, 6.45) is 0. The smallest absolute Gasteiger partial charge is 0.719 e. The minimum atomic E-state index is -0.532. The van der Waals surface area contributed by atoms with Crippen LogP contribution >= 0.6 is 0 Å². The second kappa shape index (κ2) is 12.7. The van der Waals surface area contributed by atoms with E-state index in [1.54, 1.807) is 6.92 Å². The summed E-state index contributed by atoms with van der Waals surface area (Å²) >= 11 is 8.47. The molecule has 13 heavy (non-hydrogen) atoms. The van der Waals surface area contributed by atoms with E-state index in [1.807, 2.05) is 0 Å². The van der Waals surface area contributed by atoms with Crippen LogP contribution in [0.4, 0.5) is 9.59 Å². The van der Waals surface area contributed by atoms with Gasteiger partial charge in [0.2, 0.25) is 0 Å². The van der Waals surface area contributed by atoms with Gasteiger partial charge in [-0.25, -0.2) is 0 Å². The Hall–Kier alpha value is 2.65. The van der Waals surface area contributed by atoms with Crippen molar-refractivity contribution in [1.29, 1.82) is 0 Å². The Labute approximate surface area is 174 Å². The predicted molar refractivity (Wildman–Crippen MR) is 46.1 cm³/mol. The normalized spacial score (nSPS) is 9.92. The van der Waals surface area contributed by atoms with Crippen LogP contribution in [-0.2, 0) is 25.3 Å². The first kappa shape index (κ1) is 21.0. The summed E-state index contributed by atoms with van der Waals surface area (Å²) in [6, 6.07) is -0.174. The van der Waals surface area contributed by atoms with Crippen molar-refractivity contribution in [3.8, 4) is 0 Å². The zero-order valence-electron chi connectivity index (χ0n) is 7.92. The van der Waals surface area contributed by atoms with Crippen LogP contribution in [0.25, 0.3) is 0 Å². The molecule has 4 nitrogen and oxygen atoms in total. The molecule has 0 aromatic rings. The maximum atomic E-state index is 10.3. The van der Waals surface area contributed by atoms with E-state index in [4.69, 9.17) is 0 Å². The average Bonchev–Trinajstić information content (AvgIpc) is 1.82. The molecule has 0 heterocycles. The number of nitrogens with one attached hydrogen (secondary N) is 2. The van der Waals surface area contributed by atoms with Gasteiger partial charge in [-0.05, 0) is 6.92 Å². The van der Waals surface area contributed by atoms with Crippen LogP contribution in [0, 0.1) is 0 Å². The third kappa shape index (κ3) is 17.3. The Morgan fingerprint density at radius 3 is 2.00 bits per heavy atom. The Morgan fingerprint density at radius 1 is 1.23 bits per heavy atom. The zero-order valence-corrected chi connectivity index (χ0v) is 15.8. The van der Waals surface area contributed by atoms with Crippen molar-refractivity contribution >= 4 is 35.7 Å². The number of hydrogen-bond acceptors (Lipinski definition) is 4. The molecule has 2 amide bonds. The molecule has 0 spiro atoms. The van der Waals surface area contributed by atoms with Crippen LogP contribution in [-0.4, -0.2) is 23.1 Å². The van der Waals surface area contributed by atoms with Crippen molar-refractivity contribution in [2.45, 2.75) is 13.0 Å². The standard InChI is InChI=1S/C5H10N2O2S2.2K/c1-3(7-5(9)11)2-6-4(8)10;;/h3H,2H2,1H3,(H2,6,8,10)(H2,7,9,11);;/q;2*+1/p-2. The summed E-state index contributed by atoms with van der Waals surface area (Å²) in [4.78, 5) is 20.5. The fourth-order valence-corrected chi connectivity index (χ4v) is 0.773. The molecule has 0 saturated heterocycles. The Kier molecular flexibility index (Phi) is 20.5. The maximum absolute atomic E-state index is 10.3. The van der Waals surface area contributed by atoms with E-state index in [2.05, 4.69) is 35.9 Å². The minimum Gasteiger partial charge on any atom is -0.719 e. The van der Waals surface area contributed by atoms with Crippen LogP contribution < -0.4 is 113 Å². The molecule has 1 unspecified atom stereocenters. The van der Waals surface area contributed by atoms with E-state index in [-0.39, 0.29) is 109 Å². The molecule has 1 atom stereocenters. The first-order chi connectivity index (χ1) is 5.02. The van der Waals surface area contributed by atoms with Crippen molar-refractivity contribution in [3.63, 3.8) is 0 Å². The first-order valence-corrected chi connectivity index (χ1v) is 3.76. The summed E-state index contributed by atoms with van der Waals surface area (Å²) in [6.45, 7) is 2.03. The summed E-state index contributed by atoms with van der Waals surface area (Å²) in [5.41, 5.74) is 0. The number of hydrogen-bond donors (Lipinski definition) is 2. The van der Waals surface area contributed by atoms with E-state index in [0.717, 1.165) is 0 Å². The molecule has 0 aromatic carbocycles. The number of carbonyl (C=O) groups is 2. The van der Waals surface area contributed by atoms with Gasteiger partial charge in [0.05, 0.1) is 10.5 Å². The van der Waals surface area contributed by atoms with Crippen LogP contribution in [0.1, 0.15) is 6.92 Å². The van der Waals surface area contributed by atoms with Crippen molar-refractivity contribution in [1.82, 2.24) is 10.6 Å². The van der Waals surface area contributed by atoms with Gasteiger partial charge >= 0.3 is 103 Å². The molecule has 0 saturated carbocycles. The van der Waals surface area contributed by atoms with Gasteiger partial charge in [-0.15, -0.1) is 0 Å². The van der Waals surface area contributed by atoms with Crippen LogP contribution in [0.15, 0.2) is 0 Å². The Balaban J connectivity index is -0.000000500. The van der Waals surface area contributed by atoms with Gasteiger partial charge < -0.3 is 45.5 Å². The number of carbonyl (C=O) groups excluding carboxylic acids is 2. The number of rotatable bonds is 3. The maximum Gasteiger partial charge on any atom is 1.00 e. The third-order valence-corrected chi connectivity index (χ3v) is 1.18. The predicted octanol–water partition coefficient (Wildman–Crippen LogP) is -6.10. The Morgan fingerprint density at radius 2 is 1.69 bits per heavy atom. The molecule has 8 heteroatoms. The second-order valence-corrected chi connectivity index (χ2v) is 2.74. The summed E-state index contributed by atoms with van der Waals surface area (Å²) < 4.78 is 0. The monoisotopic (exact) mass is 270 g/mol. The molecule has 0 aromatic heterocycles. The van der Waals surface area contributed by atoms with E-state index < -0.39 is 10.5 Å². The van der Waals surface area contributed by atoms with Gasteiger partial charge in [0, 0.05) is 12.6 Å². The van der Waals surface area contributed by atoms with E-state index in [1.165, 1.54) is 0 Å². The van der Waals surface area contributed by atoms with Gasteiger partial charge in [0.1, 0.15) is 0 Å². The summed E-state index contributed by atoms with van der Waals surface area (Å²) in [5, 5.41) is 3.72. The van der Waals surface area contributed by atoms with E-state index in [0.29, 0.717) is 6.54 Å². The molecular formula is C5H8K2N2O2S2. The quantitative estimate of drug-likeness (QED) is 0.396. The van der Waals surface area contributed by atoms with Gasteiger partial charge in [0.15, 0.2) is 0 Å². The zero-order chi connectivity index (χ0) is 8.85. The second-order valence-electron chi connectivity index (χ2n) is 2.00. The van der Waals surface area contributed by atoms with Crippen molar-refractivity contribution < 1.29 is 112 Å². The summed E-state index contributed by atoms with van der Waals surface area (Å²) in [7, 11) is 0. The molecule has 0 bridgehead atoms. The van der Waals surface area contributed by atoms with Crippen LogP contribution in [0.5, 0.6) is 0 Å². The molecule has 64 valence electrons. The summed E-state index contributed by atoms with van der Waals surface area (Å²) in [5.74, 6) is 0. The first-order valence-electron chi connectivity index (χ1n) is 2.94. The van der Waals surface area contributed by atoms with Crippen molar-refractivity contribution in [2.24, 2.45) is 0 Å². The molecule has 0 radical (unpaired) electrons. The molecule has 0 aliphatic carbocycles. The number of amides is 2.